The lowest BCUT2D eigenvalue weighted by molar-refractivity contribution is -0.155. The summed E-state index contributed by atoms with van der Waals surface area (Å²) in [7, 11) is -2.70. The third kappa shape index (κ3) is 8.84. The number of amides is 1. The molecule has 1 atom stereocenters. The molecule has 1 amide bonds. The summed E-state index contributed by atoms with van der Waals surface area (Å²) in [5.41, 5.74) is -0.639. The van der Waals surface area contributed by atoms with Crippen molar-refractivity contribution in [3.63, 3.8) is 0 Å². The van der Waals surface area contributed by atoms with E-state index in [1.807, 2.05) is 4.72 Å². The predicted octanol–water partition coefficient (Wildman–Crippen LogP) is 4.76. The van der Waals surface area contributed by atoms with Gasteiger partial charge in [-0.2, -0.15) is 4.98 Å². The number of sulfonamides is 1. The lowest BCUT2D eigenvalue weighted by Crippen LogP contribution is -2.31. The number of esters is 1. The van der Waals surface area contributed by atoms with Gasteiger partial charge in [0, 0.05) is 5.92 Å². The van der Waals surface area contributed by atoms with Crippen molar-refractivity contribution in [3.8, 4) is 5.75 Å². The van der Waals surface area contributed by atoms with Crippen LogP contribution in [0.1, 0.15) is 101 Å². The molecule has 1 N–H and O–H groups in total. The van der Waals surface area contributed by atoms with Crippen LogP contribution < -0.4 is 9.46 Å². The van der Waals surface area contributed by atoms with E-state index < -0.39 is 39.2 Å². The van der Waals surface area contributed by atoms with Crippen LogP contribution in [0.3, 0.4) is 0 Å². The standard InChI is InChI=1S/C26H37N3O7S/c1-26(2,3)35-22(30)17-19(12-8-11-18-9-6-5-7-10-18)25-27-23(28-36-25)24(31)29-37(32,33)21-15-13-20(34-4)14-16-21/h13-16,18-19H,5-12,17H2,1-4H3,(H,29,31)/t19-/m1/s1. The molecule has 0 aliphatic heterocycles. The molecule has 1 aromatic carbocycles. The number of nitrogens with zero attached hydrogens (tertiary/aromatic N) is 2. The Balaban J connectivity index is 1.69. The van der Waals surface area contributed by atoms with Gasteiger partial charge in [-0.3, -0.25) is 9.59 Å². The quantitative estimate of drug-likeness (QED) is 0.403. The molecule has 204 valence electrons. The van der Waals surface area contributed by atoms with Crippen molar-refractivity contribution in [2.24, 2.45) is 5.92 Å². The molecule has 2 aromatic rings. The Bertz CT molecular complexity index is 1150. The Kier molecular flexibility index (Phi) is 9.69. The highest BCUT2D eigenvalue weighted by Crippen LogP contribution is 2.31. The zero-order valence-electron chi connectivity index (χ0n) is 22.0. The summed E-state index contributed by atoms with van der Waals surface area (Å²) in [5.74, 6) is -1.01. The van der Waals surface area contributed by atoms with Gasteiger partial charge in [0.15, 0.2) is 0 Å². The number of benzene rings is 1. The van der Waals surface area contributed by atoms with Gasteiger partial charge in [-0.05, 0) is 57.4 Å². The summed E-state index contributed by atoms with van der Waals surface area (Å²) >= 11 is 0. The van der Waals surface area contributed by atoms with E-state index in [9.17, 15) is 18.0 Å². The number of carbonyl (C=O) groups is 2. The highest BCUT2D eigenvalue weighted by Gasteiger charge is 2.29. The van der Waals surface area contributed by atoms with E-state index in [4.69, 9.17) is 14.0 Å². The molecule has 1 aliphatic rings. The molecule has 1 aromatic heterocycles. The Morgan fingerprint density at radius 3 is 2.43 bits per heavy atom. The molecule has 0 radical (unpaired) electrons. The Morgan fingerprint density at radius 2 is 1.81 bits per heavy atom. The van der Waals surface area contributed by atoms with Gasteiger partial charge in [0.05, 0.1) is 18.4 Å². The topological polar surface area (TPSA) is 138 Å². The summed E-state index contributed by atoms with van der Waals surface area (Å²) in [6, 6.07) is 5.58. The number of carbonyl (C=O) groups excluding carboxylic acids is 2. The monoisotopic (exact) mass is 535 g/mol. The molecule has 1 aliphatic carbocycles. The Morgan fingerprint density at radius 1 is 1.14 bits per heavy atom. The van der Waals surface area contributed by atoms with Crippen LogP contribution in [0, 0.1) is 5.92 Å². The van der Waals surface area contributed by atoms with Crippen LogP contribution in [0.4, 0.5) is 0 Å². The van der Waals surface area contributed by atoms with Gasteiger partial charge in [-0.25, -0.2) is 13.1 Å². The van der Waals surface area contributed by atoms with Crippen LogP contribution in [0.5, 0.6) is 5.75 Å². The van der Waals surface area contributed by atoms with Gasteiger partial charge in [-0.15, -0.1) is 0 Å². The van der Waals surface area contributed by atoms with E-state index in [-0.39, 0.29) is 17.2 Å². The van der Waals surface area contributed by atoms with Crippen LogP contribution >= 0.6 is 0 Å². The van der Waals surface area contributed by atoms with Crippen molar-refractivity contribution in [3.05, 3.63) is 36.0 Å². The first-order chi connectivity index (χ1) is 17.5. The molecule has 1 saturated carbocycles. The third-order valence-electron chi connectivity index (χ3n) is 6.31. The number of rotatable bonds is 11. The zero-order chi connectivity index (χ0) is 27.1. The maximum Gasteiger partial charge on any atom is 0.307 e. The fourth-order valence-corrected chi connectivity index (χ4v) is 5.45. The largest absolute Gasteiger partial charge is 0.497 e. The van der Waals surface area contributed by atoms with Crippen molar-refractivity contribution in [1.29, 1.82) is 0 Å². The minimum absolute atomic E-state index is 0.0232. The molecule has 0 unspecified atom stereocenters. The van der Waals surface area contributed by atoms with Crippen LogP contribution in [-0.4, -0.2) is 43.1 Å². The predicted molar refractivity (Wildman–Crippen MR) is 136 cm³/mol. The van der Waals surface area contributed by atoms with Gasteiger partial charge in [0.25, 0.3) is 15.8 Å². The molecular weight excluding hydrogens is 498 g/mol. The first kappa shape index (κ1) is 28.6. The van der Waals surface area contributed by atoms with Gasteiger partial charge >= 0.3 is 11.9 Å². The summed E-state index contributed by atoms with van der Waals surface area (Å²) < 4.78 is 43.0. The molecule has 10 nitrogen and oxygen atoms in total. The lowest BCUT2D eigenvalue weighted by atomic mass is 9.84. The molecule has 0 spiro atoms. The van der Waals surface area contributed by atoms with Crippen LogP contribution in [0.25, 0.3) is 0 Å². The highest BCUT2D eigenvalue weighted by atomic mass is 32.2. The average molecular weight is 536 g/mol. The van der Waals surface area contributed by atoms with Gasteiger partial charge in [-0.1, -0.05) is 50.1 Å². The first-order valence-electron chi connectivity index (χ1n) is 12.7. The molecule has 1 heterocycles. The SMILES string of the molecule is COc1ccc(S(=O)(=O)NC(=O)c2noc([C@H](CCCC3CCCCC3)CC(=O)OC(C)(C)C)n2)cc1. The number of nitrogens with one attached hydrogen (secondary N) is 1. The van der Waals surface area contributed by atoms with E-state index in [0.717, 1.165) is 12.8 Å². The summed E-state index contributed by atoms with van der Waals surface area (Å²) in [6.45, 7) is 5.38. The van der Waals surface area contributed by atoms with Crippen LogP contribution in [0.15, 0.2) is 33.7 Å². The zero-order valence-corrected chi connectivity index (χ0v) is 22.8. The van der Waals surface area contributed by atoms with E-state index in [2.05, 4.69) is 10.1 Å². The van der Waals surface area contributed by atoms with Gasteiger partial charge in [0.2, 0.25) is 5.89 Å². The maximum absolute atomic E-state index is 12.6. The van der Waals surface area contributed by atoms with E-state index in [1.54, 1.807) is 20.8 Å². The summed E-state index contributed by atoms with van der Waals surface area (Å²) in [4.78, 5) is 29.2. The van der Waals surface area contributed by atoms with Gasteiger partial charge in [0.1, 0.15) is 11.4 Å². The highest BCUT2D eigenvalue weighted by molar-refractivity contribution is 7.90. The molecule has 0 bridgehead atoms. The van der Waals surface area contributed by atoms with Crippen molar-refractivity contribution in [2.75, 3.05) is 7.11 Å². The normalized spacial score (nSPS) is 15.7. The van der Waals surface area contributed by atoms with Crippen molar-refractivity contribution >= 4 is 21.9 Å². The molecule has 3 rings (SSSR count). The molecular formula is C26H37N3O7S. The second-order valence-corrected chi connectivity index (χ2v) is 12.2. The van der Waals surface area contributed by atoms with Crippen molar-refractivity contribution in [1.82, 2.24) is 14.9 Å². The Hall–Kier alpha value is -2.95. The summed E-state index contributed by atoms with van der Waals surface area (Å²) in [5, 5.41) is 3.69. The number of hydrogen-bond acceptors (Lipinski definition) is 9. The van der Waals surface area contributed by atoms with E-state index in [1.165, 1.54) is 63.5 Å². The fourth-order valence-electron chi connectivity index (χ4n) is 4.50. The lowest BCUT2D eigenvalue weighted by Gasteiger charge is -2.23. The van der Waals surface area contributed by atoms with Crippen molar-refractivity contribution < 1.29 is 32.0 Å². The van der Waals surface area contributed by atoms with Gasteiger partial charge < -0.3 is 14.0 Å². The molecule has 11 heteroatoms. The minimum Gasteiger partial charge on any atom is -0.497 e. The Labute approximate surface area is 218 Å². The summed E-state index contributed by atoms with van der Waals surface area (Å²) in [6.07, 6.45) is 8.81. The average Bonchev–Trinajstić information content (AvgIpc) is 3.33. The first-order valence-corrected chi connectivity index (χ1v) is 14.2. The van der Waals surface area contributed by atoms with E-state index in [0.29, 0.717) is 18.1 Å². The minimum atomic E-state index is -4.16. The smallest absolute Gasteiger partial charge is 0.307 e. The number of hydrogen-bond donors (Lipinski definition) is 1. The maximum atomic E-state index is 12.6. The number of ether oxygens (including phenoxy) is 2. The number of methoxy groups -OCH3 is 1. The molecule has 0 saturated heterocycles. The molecule has 37 heavy (non-hydrogen) atoms. The second-order valence-electron chi connectivity index (χ2n) is 10.5. The second kappa shape index (κ2) is 12.5. The fraction of sp³-hybridized carbons (Fsp3) is 0.615. The van der Waals surface area contributed by atoms with Crippen LogP contribution in [-0.2, 0) is 19.6 Å². The van der Waals surface area contributed by atoms with Crippen molar-refractivity contribution in [2.45, 2.75) is 95.0 Å². The number of aromatic nitrogens is 2. The third-order valence-corrected chi connectivity index (χ3v) is 7.66. The molecule has 1 fully saturated rings. The van der Waals surface area contributed by atoms with E-state index >= 15 is 0 Å². The van der Waals surface area contributed by atoms with Crippen LogP contribution in [0.2, 0.25) is 0 Å².